The molecular formula is C11H21N4O3+. The van der Waals surface area contributed by atoms with Crippen LogP contribution in [0.15, 0.2) is 9.32 Å². The van der Waals surface area contributed by atoms with Gasteiger partial charge in [-0.1, -0.05) is 13.8 Å². The Morgan fingerprint density at radius 2 is 2.00 bits per heavy atom. The van der Waals surface area contributed by atoms with Crippen LogP contribution < -0.4 is 15.4 Å². The van der Waals surface area contributed by atoms with E-state index in [9.17, 15) is 4.79 Å². The van der Waals surface area contributed by atoms with E-state index in [0.717, 1.165) is 26.2 Å². The van der Waals surface area contributed by atoms with Crippen molar-refractivity contribution >= 4 is 0 Å². The first kappa shape index (κ1) is 13.1. The van der Waals surface area contributed by atoms with E-state index >= 15 is 0 Å². The first-order chi connectivity index (χ1) is 8.76. The van der Waals surface area contributed by atoms with Crippen molar-refractivity contribution in [2.75, 3.05) is 44.4 Å². The molecule has 18 heavy (non-hydrogen) atoms. The number of morpholine rings is 1. The second-order valence-electron chi connectivity index (χ2n) is 4.27. The second-order valence-corrected chi connectivity index (χ2v) is 4.27. The van der Waals surface area contributed by atoms with Gasteiger partial charge in [-0.3, -0.25) is 9.42 Å². The van der Waals surface area contributed by atoms with Gasteiger partial charge in [-0.25, -0.2) is 4.79 Å². The minimum Gasteiger partial charge on any atom is -0.377 e. The topological polar surface area (TPSA) is 65.6 Å². The van der Waals surface area contributed by atoms with Crippen LogP contribution in [-0.4, -0.2) is 49.6 Å². The van der Waals surface area contributed by atoms with Gasteiger partial charge in [0.15, 0.2) is 0 Å². The van der Waals surface area contributed by atoms with E-state index in [1.165, 1.54) is 0 Å². The predicted molar refractivity (Wildman–Crippen MR) is 64.9 cm³/mol. The van der Waals surface area contributed by atoms with Gasteiger partial charge in [0, 0.05) is 10.1 Å². The zero-order chi connectivity index (χ0) is 13.0. The van der Waals surface area contributed by atoms with E-state index in [4.69, 9.17) is 9.26 Å². The largest absolute Gasteiger partial charge is 0.434 e. The number of H-pyrrole nitrogens is 1. The Labute approximate surface area is 106 Å². The minimum atomic E-state index is -0.298. The third-order valence-electron chi connectivity index (χ3n) is 3.25. The summed E-state index contributed by atoms with van der Waals surface area (Å²) in [5.41, 5.74) is 0.342. The zero-order valence-corrected chi connectivity index (χ0v) is 11.0. The van der Waals surface area contributed by atoms with Gasteiger partial charge in [0.05, 0.1) is 32.8 Å². The molecule has 7 heteroatoms. The number of hydrogen-bond donors (Lipinski definition) is 1. The minimum absolute atomic E-state index is 0.298. The van der Waals surface area contributed by atoms with Crippen molar-refractivity contribution < 1.29 is 14.1 Å². The van der Waals surface area contributed by atoms with Crippen LogP contribution in [0.2, 0.25) is 0 Å². The first-order valence-electron chi connectivity index (χ1n) is 6.44. The summed E-state index contributed by atoms with van der Waals surface area (Å²) in [5, 5.41) is 4.71. The molecule has 0 spiro atoms. The van der Waals surface area contributed by atoms with Crippen molar-refractivity contribution in [1.82, 2.24) is 10.2 Å². The van der Waals surface area contributed by atoms with Crippen LogP contribution in [0.4, 0.5) is 0 Å². The molecule has 1 aliphatic rings. The summed E-state index contributed by atoms with van der Waals surface area (Å²) in [7, 11) is 0. The zero-order valence-electron chi connectivity index (χ0n) is 11.0. The molecule has 0 bridgehead atoms. The quantitative estimate of drug-likeness (QED) is 0.690. The molecule has 0 amide bonds. The predicted octanol–water partition coefficient (Wildman–Crippen LogP) is -0.935. The number of aromatic amines is 1. The number of hydrogen-bond acceptors (Lipinski definition) is 5. The molecule has 1 aromatic rings. The molecule has 0 aromatic carbocycles. The lowest BCUT2D eigenvalue weighted by molar-refractivity contribution is -0.766. The van der Waals surface area contributed by atoms with E-state index in [1.807, 2.05) is 5.01 Å². The molecule has 0 radical (unpaired) electrons. The summed E-state index contributed by atoms with van der Waals surface area (Å²) in [6.07, 6.45) is 0. The highest BCUT2D eigenvalue weighted by molar-refractivity contribution is 4.85. The van der Waals surface area contributed by atoms with E-state index in [1.54, 1.807) is 4.79 Å². The molecule has 102 valence electrons. The second kappa shape index (κ2) is 6.01. The number of rotatable bonds is 5. The fourth-order valence-electron chi connectivity index (χ4n) is 2.06. The highest BCUT2D eigenvalue weighted by Crippen LogP contribution is 1.96. The van der Waals surface area contributed by atoms with Gasteiger partial charge in [-0.2, -0.15) is 5.01 Å². The molecule has 1 N–H and O–H groups in total. The van der Waals surface area contributed by atoms with Crippen molar-refractivity contribution in [3.63, 3.8) is 0 Å². The van der Waals surface area contributed by atoms with Crippen LogP contribution in [0.1, 0.15) is 19.5 Å². The van der Waals surface area contributed by atoms with Gasteiger partial charge in [-0.05, 0) is 13.1 Å². The molecule has 7 nitrogen and oxygen atoms in total. The summed E-state index contributed by atoms with van der Waals surface area (Å²) >= 11 is 0. The molecule has 0 atom stereocenters. The average molecular weight is 257 g/mol. The Hall–Kier alpha value is -1.34. The Kier molecular flexibility index (Phi) is 4.38. The van der Waals surface area contributed by atoms with Gasteiger partial charge in [-0.15, -0.1) is 0 Å². The lowest BCUT2D eigenvalue weighted by Gasteiger charge is -2.21. The molecule has 1 saturated heterocycles. The summed E-state index contributed by atoms with van der Waals surface area (Å²) in [4.78, 5) is 15.6. The molecular weight excluding hydrogens is 236 g/mol. The van der Waals surface area contributed by atoms with Crippen molar-refractivity contribution in [3.05, 3.63) is 16.1 Å². The third kappa shape index (κ3) is 2.73. The maximum Gasteiger partial charge on any atom is 0.434 e. The SMILES string of the molecule is CCN(CC)Cc1c(=O)o[nH][n+]1N1CCOCC1. The van der Waals surface area contributed by atoms with Gasteiger partial charge in [0.2, 0.25) is 0 Å². The Bertz CT molecular complexity index is 418. The smallest absolute Gasteiger partial charge is 0.377 e. The van der Waals surface area contributed by atoms with Crippen molar-refractivity contribution in [3.8, 4) is 0 Å². The molecule has 0 unspecified atom stereocenters. The Balaban J connectivity index is 2.17. The van der Waals surface area contributed by atoms with E-state index in [-0.39, 0.29) is 5.63 Å². The number of nitrogens with one attached hydrogen (secondary N) is 1. The van der Waals surface area contributed by atoms with Crippen LogP contribution in [0.25, 0.3) is 0 Å². The lowest BCUT2D eigenvalue weighted by Crippen LogP contribution is -2.65. The van der Waals surface area contributed by atoms with Gasteiger partial charge < -0.3 is 4.74 Å². The highest BCUT2D eigenvalue weighted by atomic mass is 16.5. The van der Waals surface area contributed by atoms with Crippen LogP contribution >= 0.6 is 0 Å². The summed E-state index contributed by atoms with van der Waals surface area (Å²) in [6, 6.07) is 0. The average Bonchev–Trinajstić information content (AvgIpc) is 2.78. The Morgan fingerprint density at radius 1 is 1.33 bits per heavy atom. The molecule has 2 rings (SSSR count). The molecule has 1 aromatic heterocycles. The fraction of sp³-hybridized carbons (Fsp3) is 0.818. The standard InChI is InChI=1S/C11H20N4O3/c1-3-13(4-2)9-10-11(16)18-12-15(10)14-5-7-17-8-6-14/h3-9H2,1-2H3/p+1. The van der Waals surface area contributed by atoms with Crippen molar-refractivity contribution in [1.29, 1.82) is 0 Å². The summed E-state index contributed by atoms with van der Waals surface area (Å²) in [6.45, 7) is 9.42. The number of nitrogens with zero attached hydrogens (tertiary/aromatic N) is 3. The molecule has 1 aliphatic heterocycles. The molecule has 0 saturated carbocycles. The maximum absolute atomic E-state index is 11.7. The maximum atomic E-state index is 11.7. The van der Waals surface area contributed by atoms with E-state index < -0.39 is 0 Å². The van der Waals surface area contributed by atoms with Crippen molar-refractivity contribution in [2.45, 2.75) is 20.4 Å². The van der Waals surface area contributed by atoms with Crippen LogP contribution in [-0.2, 0) is 11.3 Å². The molecule has 1 fully saturated rings. The third-order valence-corrected chi connectivity index (χ3v) is 3.25. The number of ether oxygens (including phenoxy) is 1. The molecule has 2 heterocycles. The lowest BCUT2D eigenvalue weighted by atomic mass is 10.4. The van der Waals surface area contributed by atoms with Gasteiger partial charge in [0.25, 0.3) is 0 Å². The van der Waals surface area contributed by atoms with Gasteiger partial charge in [0.1, 0.15) is 0 Å². The van der Waals surface area contributed by atoms with Crippen LogP contribution in [0.3, 0.4) is 0 Å². The van der Waals surface area contributed by atoms with E-state index in [2.05, 4.69) is 24.0 Å². The van der Waals surface area contributed by atoms with Crippen molar-refractivity contribution in [2.24, 2.45) is 0 Å². The monoisotopic (exact) mass is 257 g/mol. The first-order valence-corrected chi connectivity index (χ1v) is 6.44. The van der Waals surface area contributed by atoms with Gasteiger partial charge >= 0.3 is 11.3 Å². The number of aromatic nitrogens is 2. The molecule has 0 aliphatic carbocycles. The van der Waals surface area contributed by atoms with E-state index in [0.29, 0.717) is 25.5 Å². The highest BCUT2D eigenvalue weighted by Gasteiger charge is 2.29. The summed E-state index contributed by atoms with van der Waals surface area (Å²) < 4.78 is 10.2. The fourth-order valence-corrected chi connectivity index (χ4v) is 2.06. The Morgan fingerprint density at radius 3 is 2.61 bits per heavy atom. The normalized spacial score (nSPS) is 16.5. The van der Waals surface area contributed by atoms with Crippen LogP contribution in [0.5, 0.6) is 0 Å². The summed E-state index contributed by atoms with van der Waals surface area (Å²) in [5.74, 6) is 0. The van der Waals surface area contributed by atoms with Crippen LogP contribution in [0, 0.1) is 0 Å².